The van der Waals surface area contributed by atoms with Gasteiger partial charge in [-0.15, -0.1) is 0 Å². The Kier molecular flexibility index (Phi) is 2.48. The van der Waals surface area contributed by atoms with E-state index in [2.05, 4.69) is 0 Å². The lowest BCUT2D eigenvalue weighted by atomic mass is 9.53. The zero-order valence-electron chi connectivity index (χ0n) is 11.3. The largest absolute Gasteiger partial charge is 0.623 e. The number of hydrogen-bond acceptors (Lipinski definition) is 1. The molecule has 0 unspecified atom stereocenters. The highest BCUT2D eigenvalue weighted by molar-refractivity contribution is 5.75. The van der Waals surface area contributed by atoms with Crippen molar-refractivity contribution in [2.75, 3.05) is 0 Å². The molecular formula is C17H21NO. The molecule has 4 bridgehead atoms. The summed E-state index contributed by atoms with van der Waals surface area (Å²) in [4.78, 5) is 0. The van der Waals surface area contributed by atoms with E-state index in [0.29, 0.717) is 0 Å². The first-order valence-corrected chi connectivity index (χ1v) is 7.60. The average Bonchev–Trinajstić information content (AvgIpc) is 2.38. The van der Waals surface area contributed by atoms with Crippen molar-refractivity contribution in [3.05, 3.63) is 41.1 Å². The summed E-state index contributed by atoms with van der Waals surface area (Å²) in [5, 5.41) is 12.7. The van der Waals surface area contributed by atoms with Crippen LogP contribution in [0.25, 0.3) is 0 Å². The Hall–Kier alpha value is -1.31. The highest BCUT2D eigenvalue weighted by atomic mass is 16.5. The molecule has 0 aromatic heterocycles. The van der Waals surface area contributed by atoms with Crippen LogP contribution in [0.1, 0.15) is 44.1 Å². The van der Waals surface area contributed by atoms with E-state index in [1.54, 1.807) is 0 Å². The third-order valence-corrected chi connectivity index (χ3v) is 5.54. The highest BCUT2D eigenvalue weighted by Gasteiger charge is 2.56. The lowest BCUT2D eigenvalue weighted by molar-refractivity contribution is -0.566. The van der Waals surface area contributed by atoms with Crippen molar-refractivity contribution >= 4 is 6.21 Å². The van der Waals surface area contributed by atoms with E-state index in [1.165, 1.54) is 24.0 Å². The second-order valence-corrected chi connectivity index (χ2v) is 7.01. The Labute approximate surface area is 114 Å². The molecule has 100 valence electrons. The van der Waals surface area contributed by atoms with Crippen molar-refractivity contribution in [2.24, 2.45) is 17.8 Å². The molecule has 1 aromatic rings. The summed E-state index contributed by atoms with van der Waals surface area (Å²) in [5.74, 6) is 2.48. The molecule has 0 spiro atoms. The predicted octanol–water partition coefficient (Wildman–Crippen LogP) is 3.58. The molecular weight excluding hydrogens is 234 g/mol. The van der Waals surface area contributed by atoms with Crippen molar-refractivity contribution in [3.8, 4) is 0 Å². The third kappa shape index (κ3) is 1.89. The Morgan fingerprint density at radius 1 is 0.947 bits per heavy atom. The summed E-state index contributed by atoms with van der Waals surface area (Å²) in [7, 11) is 0. The third-order valence-electron chi connectivity index (χ3n) is 5.54. The van der Waals surface area contributed by atoms with Crippen LogP contribution in [0.5, 0.6) is 0 Å². The normalized spacial score (nSPS) is 40.6. The number of hydrogen-bond donors (Lipinski definition) is 0. The fraction of sp³-hybridized carbons (Fsp3) is 0.588. The van der Waals surface area contributed by atoms with E-state index in [9.17, 15) is 5.21 Å². The van der Waals surface area contributed by atoms with E-state index < -0.39 is 0 Å². The minimum absolute atomic E-state index is 0.0649. The second-order valence-electron chi connectivity index (χ2n) is 7.01. The van der Waals surface area contributed by atoms with Crippen molar-refractivity contribution in [1.82, 2.24) is 0 Å². The standard InChI is InChI=1S/C17H21NO/c19-18(12-13-4-2-1-3-5-13)17-9-14-6-15(10-17)8-16(7-14)11-17/h1-5,12,14-16H,6-11H2/b18-12+. The fourth-order valence-electron chi connectivity index (χ4n) is 5.15. The minimum Gasteiger partial charge on any atom is -0.623 e. The van der Waals surface area contributed by atoms with E-state index in [4.69, 9.17) is 0 Å². The molecule has 4 aliphatic rings. The van der Waals surface area contributed by atoms with Crippen molar-refractivity contribution in [1.29, 1.82) is 0 Å². The van der Waals surface area contributed by atoms with Crippen LogP contribution in [-0.4, -0.2) is 16.5 Å². The van der Waals surface area contributed by atoms with Gasteiger partial charge < -0.3 is 5.21 Å². The van der Waals surface area contributed by atoms with Crippen LogP contribution in [0.2, 0.25) is 0 Å². The van der Waals surface area contributed by atoms with Gasteiger partial charge in [0, 0.05) is 24.8 Å². The summed E-state index contributed by atoms with van der Waals surface area (Å²) in [6, 6.07) is 10.0. The van der Waals surface area contributed by atoms with Crippen LogP contribution in [-0.2, 0) is 0 Å². The molecule has 0 amide bonds. The quantitative estimate of drug-likeness (QED) is 0.343. The van der Waals surface area contributed by atoms with Crippen LogP contribution in [0.15, 0.2) is 30.3 Å². The van der Waals surface area contributed by atoms with Gasteiger partial charge in [-0.25, -0.2) is 4.74 Å². The fourth-order valence-corrected chi connectivity index (χ4v) is 5.15. The predicted molar refractivity (Wildman–Crippen MR) is 76.1 cm³/mol. The topological polar surface area (TPSA) is 26.1 Å². The monoisotopic (exact) mass is 255 g/mol. The molecule has 4 fully saturated rings. The Morgan fingerprint density at radius 2 is 1.47 bits per heavy atom. The summed E-state index contributed by atoms with van der Waals surface area (Å²) in [6.07, 6.45) is 9.38. The molecule has 19 heavy (non-hydrogen) atoms. The van der Waals surface area contributed by atoms with E-state index >= 15 is 0 Å². The molecule has 0 aliphatic heterocycles. The van der Waals surface area contributed by atoms with E-state index in [0.717, 1.165) is 42.6 Å². The van der Waals surface area contributed by atoms with Crippen molar-refractivity contribution in [2.45, 2.75) is 44.1 Å². The number of nitrogens with zero attached hydrogens (tertiary/aromatic N) is 1. The summed E-state index contributed by atoms with van der Waals surface area (Å²) >= 11 is 0. The van der Waals surface area contributed by atoms with Gasteiger partial charge in [0.05, 0.1) is 0 Å². The van der Waals surface area contributed by atoms with Gasteiger partial charge in [0.25, 0.3) is 0 Å². The van der Waals surface area contributed by atoms with Gasteiger partial charge in [-0.1, -0.05) is 18.2 Å². The summed E-state index contributed by atoms with van der Waals surface area (Å²) in [6.45, 7) is 0. The highest BCUT2D eigenvalue weighted by Crippen LogP contribution is 2.56. The molecule has 5 rings (SSSR count). The van der Waals surface area contributed by atoms with Gasteiger partial charge in [-0.3, -0.25) is 0 Å². The molecule has 0 N–H and O–H groups in total. The molecule has 1 aromatic carbocycles. The van der Waals surface area contributed by atoms with Crippen LogP contribution in [0.4, 0.5) is 0 Å². The zero-order chi connectivity index (χ0) is 12.9. The lowest BCUT2D eigenvalue weighted by Gasteiger charge is -2.54. The first-order valence-electron chi connectivity index (χ1n) is 7.60. The molecule has 0 saturated heterocycles. The SMILES string of the molecule is [O-]/[N+](=C/c1ccccc1)C12CC3CC(CC(C3)C1)C2. The maximum Gasteiger partial charge on any atom is 0.182 e. The number of benzene rings is 1. The molecule has 0 atom stereocenters. The van der Waals surface area contributed by atoms with Gasteiger partial charge in [0.15, 0.2) is 11.8 Å². The summed E-state index contributed by atoms with van der Waals surface area (Å²) < 4.78 is 1.33. The van der Waals surface area contributed by atoms with Gasteiger partial charge in [-0.05, 0) is 49.1 Å². The molecule has 2 nitrogen and oxygen atoms in total. The van der Waals surface area contributed by atoms with Crippen molar-refractivity contribution in [3.63, 3.8) is 0 Å². The van der Waals surface area contributed by atoms with Crippen molar-refractivity contribution < 1.29 is 4.74 Å². The molecule has 4 saturated carbocycles. The maximum atomic E-state index is 12.7. The molecule has 2 heteroatoms. The number of hydroxylamine groups is 1. The van der Waals surface area contributed by atoms with E-state index in [1.807, 2.05) is 36.5 Å². The smallest absolute Gasteiger partial charge is 0.182 e. The van der Waals surface area contributed by atoms with Crippen LogP contribution >= 0.6 is 0 Å². The Morgan fingerprint density at radius 3 is 2.00 bits per heavy atom. The van der Waals surface area contributed by atoms with E-state index in [-0.39, 0.29) is 5.54 Å². The average molecular weight is 255 g/mol. The first kappa shape index (κ1) is 11.5. The Bertz CT molecular complexity index is 470. The zero-order valence-corrected chi connectivity index (χ0v) is 11.3. The molecule has 0 heterocycles. The second kappa shape index (κ2) is 4.09. The molecule has 4 aliphatic carbocycles. The first-order chi connectivity index (χ1) is 9.23. The van der Waals surface area contributed by atoms with Gasteiger partial charge in [0.1, 0.15) is 0 Å². The minimum atomic E-state index is -0.0649. The summed E-state index contributed by atoms with van der Waals surface area (Å²) in [5.41, 5.74) is 0.971. The number of rotatable bonds is 2. The maximum absolute atomic E-state index is 12.7. The Balaban J connectivity index is 1.66. The van der Waals surface area contributed by atoms with Gasteiger partial charge in [0.2, 0.25) is 0 Å². The van der Waals surface area contributed by atoms with Gasteiger partial charge in [-0.2, -0.15) is 0 Å². The van der Waals surface area contributed by atoms with Crippen LogP contribution in [0.3, 0.4) is 0 Å². The van der Waals surface area contributed by atoms with Crippen LogP contribution < -0.4 is 0 Å². The van der Waals surface area contributed by atoms with Gasteiger partial charge >= 0.3 is 0 Å². The molecule has 0 radical (unpaired) electrons. The lowest BCUT2D eigenvalue weighted by Crippen LogP contribution is -2.55. The van der Waals surface area contributed by atoms with Crippen LogP contribution in [0, 0.1) is 23.0 Å².